The molecule has 1 heterocycles. The van der Waals surface area contributed by atoms with Crippen molar-refractivity contribution in [1.29, 1.82) is 0 Å². The first kappa shape index (κ1) is 16.4. The summed E-state index contributed by atoms with van der Waals surface area (Å²) in [6.07, 6.45) is -1.16. The number of rotatable bonds is 5. The lowest BCUT2D eigenvalue weighted by atomic mass is 10.1. The van der Waals surface area contributed by atoms with Crippen LogP contribution in [0.2, 0.25) is 5.02 Å². The Morgan fingerprint density at radius 2 is 2.10 bits per heavy atom. The minimum atomic E-state index is -3.67. The Morgan fingerprint density at radius 3 is 2.67 bits per heavy atom. The van der Waals surface area contributed by atoms with Crippen LogP contribution in [0, 0.1) is 12.7 Å². The van der Waals surface area contributed by atoms with Gasteiger partial charge in [-0.05, 0) is 36.8 Å². The molecule has 1 unspecified atom stereocenters. The van der Waals surface area contributed by atoms with Crippen LogP contribution in [-0.4, -0.2) is 20.1 Å². The van der Waals surface area contributed by atoms with Crippen molar-refractivity contribution in [2.45, 2.75) is 17.2 Å². The highest BCUT2D eigenvalue weighted by atomic mass is 35.5. The summed E-state index contributed by atoms with van der Waals surface area (Å²) in [5.41, 5.74) is 0.252. The number of nitrogens with one attached hydrogen (secondary N) is 1. The third kappa shape index (κ3) is 4.02. The molecule has 21 heavy (non-hydrogen) atoms. The van der Waals surface area contributed by atoms with Gasteiger partial charge in [0, 0.05) is 11.4 Å². The number of sulfonamides is 1. The number of halogens is 2. The molecule has 0 amide bonds. The summed E-state index contributed by atoms with van der Waals surface area (Å²) in [7, 11) is -3.67. The fourth-order valence-corrected chi connectivity index (χ4v) is 4.14. The summed E-state index contributed by atoms with van der Waals surface area (Å²) in [5.74, 6) is -0.662. The molecule has 0 aliphatic rings. The molecule has 0 spiro atoms. The zero-order chi connectivity index (χ0) is 15.6. The van der Waals surface area contributed by atoms with Gasteiger partial charge in [-0.15, -0.1) is 11.3 Å². The zero-order valence-corrected chi connectivity index (χ0v) is 13.4. The van der Waals surface area contributed by atoms with Gasteiger partial charge in [0.05, 0.1) is 11.1 Å². The van der Waals surface area contributed by atoms with Gasteiger partial charge in [-0.3, -0.25) is 0 Å². The Kier molecular flexibility index (Phi) is 5.00. The molecule has 0 aliphatic carbocycles. The van der Waals surface area contributed by atoms with Gasteiger partial charge in [-0.2, -0.15) is 0 Å². The number of aryl methyl sites for hydroxylation is 1. The lowest BCUT2D eigenvalue weighted by Gasteiger charge is -2.12. The molecule has 0 radical (unpaired) electrons. The zero-order valence-electron chi connectivity index (χ0n) is 11.0. The van der Waals surface area contributed by atoms with Crippen LogP contribution < -0.4 is 4.72 Å². The molecule has 2 aromatic rings. The fourth-order valence-electron chi connectivity index (χ4n) is 1.65. The maximum Gasteiger partial charge on any atom is 0.250 e. The van der Waals surface area contributed by atoms with E-state index in [0.717, 1.165) is 22.3 Å². The maximum atomic E-state index is 13.3. The Balaban J connectivity index is 2.06. The number of benzene rings is 1. The number of aliphatic hydroxyl groups is 1. The van der Waals surface area contributed by atoms with E-state index in [4.69, 9.17) is 11.6 Å². The van der Waals surface area contributed by atoms with Gasteiger partial charge in [0.1, 0.15) is 10.0 Å². The quantitative estimate of drug-likeness (QED) is 0.872. The second-order valence-electron chi connectivity index (χ2n) is 4.41. The van der Waals surface area contributed by atoms with Gasteiger partial charge < -0.3 is 5.11 Å². The second-order valence-corrected chi connectivity index (χ2v) is 8.10. The van der Waals surface area contributed by atoms with E-state index in [2.05, 4.69) is 4.72 Å². The smallest absolute Gasteiger partial charge is 0.250 e. The van der Waals surface area contributed by atoms with Crippen molar-refractivity contribution in [2.75, 3.05) is 6.54 Å². The number of hydrogen-bond acceptors (Lipinski definition) is 4. The van der Waals surface area contributed by atoms with Gasteiger partial charge in [0.15, 0.2) is 0 Å². The topological polar surface area (TPSA) is 66.4 Å². The summed E-state index contributed by atoms with van der Waals surface area (Å²) >= 11 is 6.69. The highest BCUT2D eigenvalue weighted by molar-refractivity contribution is 7.91. The van der Waals surface area contributed by atoms with E-state index in [0.29, 0.717) is 0 Å². The average molecular weight is 350 g/mol. The Labute approximate surface area is 131 Å². The van der Waals surface area contributed by atoms with E-state index < -0.39 is 21.9 Å². The van der Waals surface area contributed by atoms with Crippen LogP contribution in [0.15, 0.2) is 34.5 Å². The average Bonchev–Trinajstić information content (AvgIpc) is 2.87. The van der Waals surface area contributed by atoms with E-state index >= 15 is 0 Å². The highest BCUT2D eigenvalue weighted by Gasteiger charge is 2.18. The number of thiophene rings is 1. The number of aliphatic hydroxyl groups excluding tert-OH is 1. The van der Waals surface area contributed by atoms with Crippen LogP contribution in [0.4, 0.5) is 4.39 Å². The van der Waals surface area contributed by atoms with Crippen molar-refractivity contribution >= 4 is 33.0 Å². The Morgan fingerprint density at radius 1 is 1.38 bits per heavy atom. The van der Waals surface area contributed by atoms with Crippen molar-refractivity contribution in [2.24, 2.45) is 0 Å². The molecule has 0 saturated heterocycles. The van der Waals surface area contributed by atoms with E-state index in [9.17, 15) is 17.9 Å². The Bertz CT molecular complexity index is 746. The molecule has 1 aromatic carbocycles. The molecule has 1 aromatic heterocycles. The van der Waals surface area contributed by atoms with E-state index in [1.807, 2.05) is 0 Å². The predicted molar refractivity (Wildman–Crippen MR) is 80.6 cm³/mol. The maximum absolute atomic E-state index is 13.3. The summed E-state index contributed by atoms with van der Waals surface area (Å²) in [6, 6.07) is 7.03. The molecule has 0 bridgehead atoms. The van der Waals surface area contributed by atoms with Crippen LogP contribution >= 0.6 is 22.9 Å². The van der Waals surface area contributed by atoms with Gasteiger partial charge in [-0.25, -0.2) is 17.5 Å². The summed E-state index contributed by atoms with van der Waals surface area (Å²) < 4.78 is 39.8. The van der Waals surface area contributed by atoms with Crippen molar-refractivity contribution in [3.63, 3.8) is 0 Å². The van der Waals surface area contributed by atoms with E-state index in [1.54, 1.807) is 13.0 Å². The van der Waals surface area contributed by atoms with Crippen LogP contribution in [0.25, 0.3) is 0 Å². The van der Waals surface area contributed by atoms with Gasteiger partial charge in [0.2, 0.25) is 10.0 Å². The highest BCUT2D eigenvalue weighted by Crippen LogP contribution is 2.22. The van der Waals surface area contributed by atoms with Gasteiger partial charge in [-0.1, -0.05) is 17.7 Å². The molecule has 114 valence electrons. The summed E-state index contributed by atoms with van der Waals surface area (Å²) in [4.78, 5) is 0.871. The number of hydrogen-bond donors (Lipinski definition) is 2. The fraction of sp³-hybridized carbons (Fsp3) is 0.231. The van der Waals surface area contributed by atoms with Crippen molar-refractivity contribution in [3.05, 3.63) is 51.6 Å². The van der Waals surface area contributed by atoms with E-state index in [1.165, 1.54) is 18.2 Å². The molecular weight excluding hydrogens is 337 g/mol. The van der Waals surface area contributed by atoms with Crippen LogP contribution in [0.5, 0.6) is 0 Å². The first-order valence-corrected chi connectivity index (χ1v) is 8.66. The second kappa shape index (κ2) is 6.41. The standard InChI is InChI=1S/C13H13ClFNO3S2/c1-8-2-5-13(20-8)21(18,19)16-7-12(17)9-3-4-10(14)11(15)6-9/h2-6,12,16-17H,7H2,1H3. The third-order valence-electron chi connectivity index (χ3n) is 2.78. The molecular formula is C13H13ClFNO3S2. The molecule has 0 saturated carbocycles. The molecule has 2 N–H and O–H groups in total. The predicted octanol–water partition coefficient (Wildman–Crippen LogP) is 2.86. The lowest BCUT2D eigenvalue weighted by molar-refractivity contribution is 0.181. The SMILES string of the molecule is Cc1ccc(S(=O)(=O)NCC(O)c2ccc(Cl)c(F)c2)s1. The van der Waals surface area contributed by atoms with Gasteiger partial charge in [0.25, 0.3) is 0 Å². The van der Waals surface area contributed by atoms with Crippen molar-refractivity contribution in [3.8, 4) is 0 Å². The van der Waals surface area contributed by atoms with Crippen LogP contribution in [-0.2, 0) is 10.0 Å². The Hall–Kier alpha value is -0.990. The summed E-state index contributed by atoms with van der Waals surface area (Å²) in [5, 5.41) is 9.86. The molecule has 4 nitrogen and oxygen atoms in total. The van der Waals surface area contributed by atoms with Crippen LogP contribution in [0.3, 0.4) is 0 Å². The minimum absolute atomic E-state index is 0.0550. The summed E-state index contributed by atoms with van der Waals surface area (Å²) in [6.45, 7) is 1.55. The normalized spacial score (nSPS) is 13.3. The monoisotopic (exact) mass is 349 g/mol. The molecule has 0 fully saturated rings. The van der Waals surface area contributed by atoms with E-state index in [-0.39, 0.29) is 21.3 Å². The molecule has 1 atom stereocenters. The minimum Gasteiger partial charge on any atom is -0.387 e. The third-order valence-corrected chi connectivity index (χ3v) is 6.00. The molecule has 8 heteroatoms. The first-order chi connectivity index (χ1) is 9.79. The molecule has 2 rings (SSSR count). The van der Waals surface area contributed by atoms with Gasteiger partial charge >= 0.3 is 0 Å². The van der Waals surface area contributed by atoms with Crippen LogP contribution in [0.1, 0.15) is 16.5 Å². The van der Waals surface area contributed by atoms with Crippen molar-refractivity contribution in [1.82, 2.24) is 4.72 Å². The largest absolute Gasteiger partial charge is 0.387 e. The first-order valence-electron chi connectivity index (χ1n) is 5.99. The van der Waals surface area contributed by atoms with Crippen molar-refractivity contribution < 1.29 is 17.9 Å². The lowest BCUT2D eigenvalue weighted by Crippen LogP contribution is -2.28. The molecule has 0 aliphatic heterocycles.